The third-order valence-electron chi connectivity index (χ3n) is 2.06. The van der Waals surface area contributed by atoms with Crippen molar-refractivity contribution in [3.63, 3.8) is 0 Å². The number of carbonyl (C=O) groups is 1. The van der Waals surface area contributed by atoms with Crippen LogP contribution in [0, 0.1) is 10.1 Å². The molecule has 0 heterocycles. The number of nitro benzene ring substituents is 1. The Balaban J connectivity index is 3.23. The SMILES string of the molecule is CNS(=O)(=O)c1ccc(SCC(=O)O)c([N+](=O)[O-])c1. The molecule has 1 rings (SSSR count). The molecule has 0 radical (unpaired) electrons. The van der Waals surface area contributed by atoms with Crippen molar-refractivity contribution >= 4 is 33.4 Å². The highest BCUT2D eigenvalue weighted by Crippen LogP contribution is 2.31. The summed E-state index contributed by atoms with van der Waals surface area (Å²) < 4.78 is 25.1. The molecular formula is C9H10N2O6S2. The molecule has 0 saturated heterocycles. The Labute approximate surface area is 113 Å². The first kappa shape index (κ1) is 15.4. The maximum atomic E-state index is 11.5. The highest BCUT2D eigenvalue weighted by Gasteiger charge is 2.21. The van der Waals surface area contributed by atoms with Gasteiger partial charge in [-0.05, 0) is 19.2 Å². The lowest BCUT2D eigenvalue weighted by molar-refractivity contribution is -0.388. The van der Waals surface area contributed by atoms with Crippen molar-refractivity contribution in [1.29, 1.82) is 0 Å². The van der Waals surface area contributed by atoms with Crippen LogP contribution in [0.4, 0.5) is 5.69 Å². The molecular weight excluding hydrogens is 296 g/mol. The Morgan fingerprint density at radius 3 is 2.63 bits per heavy atom. The normalized spacial score (nSPS) is 11.2. The van der Waals surface area contributed by atoms with Gasteiger partial charge in [0.15, 0.2) is 0 Å². The molecule has 1 aromatic carbocycles. The highest BCUT2D eigenvalue weighted by molar-refractivity contribution is 8.00. The quantitative estimate of drug-likeness (QED) is 0.449. The third kappa shape index (κ3) is 3.91. The van der Waals surface area contributed by atoms with Crippen LogP contribution in [-0.2, 0) is 14.8 Å². The van der Waals surface area contributed by atoms with Crippen LogP contribution in [0.5, 0.6) is 0 Å². The topological polar surface area (TPSA) is 127 Å². The second-order valence-electron chi connectivity index (χ2n) is 3.28. The Morgan fingerprint density at radius 2 is 2.16 bits per heavy atom. The summed E-state index contributed by atoms with van der Waals surface area (Å²) in [6, 6.07) is 3.30. The molecule has 10 heteroatoms. The minimum absolute atomic E-state index is 0.0995. The Kier molecular flexibility index (Phi) is 4.86. The fraction of sp³-hybridized carbons (Fsp3) is 0.222. The average molecular weight is 306 g/mol. The molecule has 19 heavy (non-hydrogen) atoms. The first-order valence-corrected chi connectivity index (χ1v) is 7.31. The van der Waals surface area contributed by atoms with Gasteiger partial charge in [-0.15, -0.1) is 11.8 Å². The molecule has 8 nitrogen and oxygen atoms in total. The van der Waals surface area contributed by atoms with Gasteiger partial charge >= 0.3 is 5.97 Å². The number of nitrogens with zero attached hydrogens (tertiary/aromatic N) is 1. The zero-order valence-corrected chi connectivity index (χ0v) is 11.3. The number of aliphatic carboxylic acids is 1. The zero-order chi connectivity index (χ0) is 14.6. The third-order valence-corrected chi connectivity index (χ3v) is 4.52. The van der Waals surface area contributed by atoms with E-state index in [1.165, 1.54) is 19.2 Å². The summed E-state index contributed by atoms with van der Waals surface area (Å²) >= 11 is 0.754. The lowest BCUT2D eigenvalue weighted by Crippen LogP contribution is -2.18. The van der Waals surface area contributed by atoms with Crippen LogP contribution < -0.4 is 4.72 Å². The van der Waals surface area contributed by atoms with E-state index in [1.807, 2.05) is 4.72 Å². The van der Waals surface area contributed by atoms with E-state index in [-0.39, 0.29) is 15.5 Å². The van der Waals surface area contributed by atoms with E-state index in [2.05, 4.69) is 0 Å². The Morgan fingerprint density at radius 1 is 1.53 bits per heavy atom. The maximum Gasteiger partial charge on any atom is 0.313 e. The van der Waals surface area contributed by atoms with Gasteiger partial charge in [-0.3, -0.25) is 14.9 Å². The van der Waals surface area contributed by atoms with Crippen LogP contribution in [-0.4, -0.2) is 37.2 Å². The van der Waals surface area contributed by atoms with Crippen LogP contribution in [0.1, 0.15) is 0 Å². The van der Waals surface area contributed by atoms with E-state index < -0.39 is 26.6 Å². The molecule has 0 aromatic heterocycles. The minimum Gasteiger partial charge on any atom is -0.481 e. The number of rotatable bonds is 6. The number of carboxylic acids is 1. The molecule has 0 aliphatic heterocycles. The fourth-order valence-electron chi connectivity index (χ4n) is 1.19. The molecule has 0 saturated carbocycles. The average Bonchev–Trinajstić information content (AvgIpc) is 2.35. The largest absolute Gasteiger partial charge is 0.481 e. The van der Waals surface area contributed by atoms with Gasteiger partial charge in [-0.25, -0.2) is 13.1 Å². The smallest absolute Gasteiger partial charge is 0.313 e. The van der Waals surface area contributed by atoms with Gasteiger partial charge in [0.05, 0.1) is 20.5 Å². The standard InChI is InChI=1S/C9H10N2O6S2/c1-10-19(16,17)6-2-3-8(18-5-9(12)13)7(4-6)11(14)15/h2-4,10H,5H2,1H3,(H,12,13). The van der Waals surface area contributed by atoms with E-state index in [0.29, 0.717) is 0 Å². The fourth-order valence-corrected chi connectivity index (χ4v) is 2.66. The van der Waals surface area contributed by atoms with Crippen molar-refractivity contribution in [3.8, 4) is 0 Å². The van der Waals surface area contributed by atoms with Gasteiger partial charge in [-0.1, -0.05) is 0 Å². The molecule has 0 fully saturated rings. The summed E-state index contributed by atoms with van der Waals surface area (Å²) in [4.78, 5) is 20.4. The van der Waals surface area contributed by atoms with Crippen LogP contribution in [0.2, 0.25) is 0 Å². The zero-order valence-electron chi connectivity index (χ0n) is 9.69. The van der Waals surface area contributed by atoms with Gasteiger partial charge in [-0.2, -0.15) is 0 Å². The minimum atomic E-state index is -3.78. The summed E-state index contributed by atoms with van der Waals surface area (Å²) in [6.45, 7) is 0. The molecule has 0 unspecified atom stereocenters. The van der Waals surface area contributed by atoms with Crippen LogP contribution in [0.3, 0.4) is 0 Å². The first-order valence-electron chi connectivity index (χ1n) is 4.84. The molecule has 0 atom stereocenters. The van der Waals surface area contributed by atoms with E-state index in [9.17, 15) is 23.3 Å². The van der Waals surface area contributed by atoms with Gasteiger partial charge in [0.25, 0.3) is 5.69 Å². The maximum absolute atomic E-state index is 11.5. The number of hydrogen-bond acceptors (Lipinski definition) is 6. The number of carboxylic acid groups (broad SMARTS) is 1. The molecule has 0 bridgehead atoms. The number of nitro groups is 1. The molecule has 0 amide bonds. The van der Waals surface area contributed by atoms with Gasteiger partial charge < -0.3 is 5.11 Å². The predicted octanol–water partition coefficient (Wildman–Crippen LogP) is 0.680. The van der Waals surface area contributed by atoms with Gasteiger partial charge in [0.1, 0.15) is 0 Å². The monoisotopic (exact) mass is 306 g/mol. The summed E-state index contributed by atoms with van der Waals surface area (Å²) in [5.41, 5.74) is -0.442. The van der Waals surface area contributed by atoms with Gasteiger partial charge in [0, 0.05) is 6.07 Å². The Bertz CT molecular complexity index is 613. The number of thioether (sulfide) groups is 1. The molecule has 104 valence electrons. The second-order valence-corrected chi connectivity index (χ2v) is 6.18. The Hall–Kier alpha value is -1.65. The molecule has 0 aliphatic carbocycles. The first-order chi connectivity index (χ1) is 8.77. The summed E-state index contributed by atoms with van der Waals surface area (Å²) in [6.07, 6.45) is 0. The van der Waals surface area contributed by atoms with E-state index in [1.54, 1.807) is 0 Å². The van der Waals surface area contributed by atoms with Crippen molar-refractivity contribution in [2.24, 2.45) is 0 Å². The lowest BCUT2D eigenvalue weighted by Gasteiger charge is -2.05. The molecule has 0 aliphatic rings. The van der Waals surface area contributed by atoms with E-state index in [4.69, 9.17) is 5.11 Å². The number of benzene rings is 1. The summed E-state index contributed by atoms with van der Waals surface area (Å²) in [5.74, 6) is -1.47. The highest BCUT2D eigenvalue weighted by atomic mass is 32.2. The van der Waals surface area contributed by atoms with Crippen molar-refractivity contribution in [1.82, 2.24) is 4.72 Å². The van der Waals surface area contributed by atoms with Crippen LogP contribution in [0.15, 0.2) is 28.0 Å². The van der Waals surface area contributed by atoms with Crippen molar-refractivity contribution < 1.29 is 23.2 Å². The number of hydrogen-bond donors (Lipinski definition) is 2. The lowest BCUT2D eigenvalue weighted by atomic mass is 10.3. The van der Waals surface area contributed by atoms with Crippen molar-refractivity contribution in [2.45, 2.75) is 9.79 Å². The summed E-state index contributed by atoms with van der Waals surface area (Å²) in [7, 11) is -2.59. The number of sulfonamides is 1. The van der Waals surface area contributed by atoms with Crippen LogP contribution in [0.25, 0.3) is 0 Å². The molecule has 0 spiro atoms. The predicted molar refractivity (Wildman–Crippen MR) is 67.7 cm³/mol. The van der Waals surface area contributed by atoms with Crippen LogP contribution >= 0.6 is 11.8 Å². The van der Waals surface area contributed by atoms with E-state index >= 15 is 0 Å². The second kappa shape index (κ2) is 5.99. The number of nitrogens with one attached hydrogen (secondary N) is 1. The van der Waals surface area contributed by atoms with Crippen molar-refractivity contribution in [3.05, 3.63) is 28.3 Å². The molecule has 1 aromatic rings. The molecule has 2 N–H and O–H groups in total. The van der Waals surface area contributed by atoms with Crippen molar-refractivity contribution in [2.75, 3.05) is 12.8 Å². The van der Waals surface area contributed by atoms with E-state index in [0.717, 1.165) is 17.8 Å². The van der Waals surface area contributed by atoms with Gasteiger partial charge in [0.2, 0.25) is 10.0 Å². The summed E-state index contributed by atoms with van der Waals surface area (Å²) in [5, 5.41) is 19.4.